The van der Waals surface area contributed by atoms with Gasteiger partial charge in [-0.2, -0.15) is 0 Å². The normalized spacial score (nSPS) is 24.7. The van der Waals surface area contributed by atoms with E-state index in [1.165, 1.54) is 55.6 Å². The van der Waals surface area contributed by atoms with Crippen molar-refractivity contribution >= 4 is 36.1 Å². The third-order valence-corrected chi connectivity index (χ3v) is 16.0. The van der Waals surface area contributed by atoms with Gasteiger partial charge in [-0.3, -0.25) is 0 Å². The molecule has 7 aliphatic rings. The van der Waals surface area contributed by atoms with Crippen LogP contribution in [0.1, 0.15) is 66.0 Å². The summed E-state index contributed by atoms with van der Waals surface area (Å²) in [5.74, 6) is 3.11. The Morgan fingerprint density at radius 3 is 2.27 bits per heavy atom. The van der Waals surface area contributed by atoms with Crippen LogP contribution in [0.3, 0.4) is 0 Å². The van der Waals surface area contributed by atoms with Gasteiger partial charge in [0, 0.05) is 34.0 Å². The highest BCUT2D eigenvalue weighted by Crippen LogP contribution is 2.50. The molecule has 4 nitrogen and oxygen atoms in total. The van der Waals surface area contributed by atoms with Crippen molar-refractivity contribution < 1.29 is 0 Å². The highest BCUT2D eigenvalue weighted by Gasteiger charge is 2.44. The van der Waals surface area contributed by atoms with E-state index in [2.05, 4.69) is 243 Å². The van der Waals surface area contributed by atoms with E-state index < -0.39 is 0 Å². The van der Waals surface area contributed by atoms with Gasteiger partial charge in [0.15, 0.2) is 18.9 Å². The van der Waals surface area contributed by atoms with Gasteiger partial charge in [0.05, 0.1) is 12.0 Å². The maximum atomic E-state index is 5.86. The van der Waals surface area contributed by atoms with Crippen molar-refractivity contribution in [3.63, 3.8) is 0 Å². The van der Waals surface area contributed by atoms with Gasteiger partial charge in [0.1, 0.15) is 5.82 Å². The summed E-state index contributed by atoms with van der Waals surface area (Å²) in [5, 5.41) is 0. The van der Waals surface area contributed by atoms with Gasteiger partial charge in [0.2, 0.25) is 6.71 Å². The molecule has 6 unspecified atom stereocenters. The highest BCUT2D eigenvalue weighted by molar-refractivity contribution is 6.87. The van der Waals surface area contributed by atoms with Gasteiger partial charge in [0.25, 0.3) is 0 Å². The molecule has 0 spiro atoms. The Labute approximate surface area is 420 Å². The zero-order chi connectivity index (χ0) is 47.1. The molecule has 0 N–H and O–H groups in total. The van der Waals surface area contributed by atoms with Crippen LogP contribution in [-0.4, -0.2) is 35.0 Å². The Morgan fingerprint density at radius 1 is 0.606 bits per heavy atom. The lowest BCUT2D eigenvalue weighted by molar-refractivity contribution is 0.503. The van der Waals surface area contributed by atoms with Crippen molar-refractivity contribution in [3.05, 3.63) is 270 Å². The van der Waals surface area contributed by atoms with Gasteiger partial charge < -0.3 is 4.90 Å². The quantitative estimate of drug-likeness (QED) is 0.143. The molecule has 71 heavy (non-hydrogen) atoms. The number of benzene rings is 5. The number of hydrogen-bond acceptors (Lipinski definition) is 4. The summed E-state index contributed by atoms with van der Waals surface area (Å²) in [6, 6.07) is 47.0. The summed E-state index contributed by atoms with van der Waals surface area (Å²) in [6.45, 7) is 0.213. The first kappa shape index (κ1) is 43.5. The zero-order valence-corrected chi connectivity index (χ0v) is 40.0. The summed E-state index contributed by atoms with van der Waals surface area (Å²) < 4.78 is 0. The van der Waals surface area contributed by atoms with Crippen LogP contribution in [-0.2, 0) is 6.42 Å². The minimum absolute atomic E-state index is 0.0984. The van der Waals surface area contributed by atoms with E-state index in [0.717, 1.165) is 54.9 Å². The van der Waals surface area contributed by atoms with Gasteiger partial charge in [-0.25, -0.2) is 15.0 Å². The molecule has 0 fully saturated rings. The number of allylic oxidation sites excluding steroid dienone is 18. The van der Waals surface area contributed by atoms with Crippen LogP contribution in [0.2, 0.25) is 11.6 Å². The number of nitrogens with zero attached hydrogens (tertiary/aromatic N) is 4. The SMILES string of the molecule is [B]1c2ccccc2N(C2=C(C3=CCCC=C3)C=CCC2c2nc(-c3ccccc3)nc(-c3cccc(C4C=CC=CC4)c3[C@H]3Cc4ccccc4B(c4ccccc4)C4C=CC=CC43)n2)C2C=CC=CC12. The van der Waals surface area contributed by atoms with Gasteiger partial charge >= 0.3 is 0 Å². The highest BCUT2D eigenvalue weighted by atomic mass is 15.2. The second kappa shape index (κ2) is 19.0. The maximum Gasteiger partial charge on any atom is 0.217 e. The number of fused-ring (bicyclic) bond motifs is 4. The second-order valence-corrected chi connectivity index (χ2v) is 20.1. The molecule has 1 aromatic heterocycles. The third kappa shape index (κ3) is 8.04. The number of rotatable bonds is 8. The van der Waals surface area contributed by atoms with Crippen LogP contribution in [0.5, 0.6) is 0 Å². The van der Waals surface area contributed by atoms with Crippen molar-refractivity contribution in [3.8, 4) is 22.8 Å². The van der Waals surface area contributed by atoms with Crippen LogP contribution in [0.4, 0.5) is 5.69 Å². The first-order valence-electron chi connectivity index (χ1n) is 25.9. The molecule has 0 saturated heterocycles. The first-order chi connectivity index (χ1) is 35.2. The average molecular weight is 914 g/mol. The van der Waals surface area contributed by atoms with Crippen molar-refractivity contribution in [1.82, 2.24) is 15.0 Å². The lowest BCUT2D eigenvalue weighted by Gasteiger charge is -2.46. The number of para-hydroxylation sites is 1. The van der Waals surface area contributed by atoms with Crippen LogP contribution < -0.4 is 21.3 Å². The Balaban J connectivity index is 1.04. The Morgan fingerprint density at radius 2 is 1.39 bits per heavy atom. The minimum atomic E-state index is -0.160. The third-order valence-electron chi connectivity index (χ3n) is 16.0. The molecule has 3 heterocycles. The zero-order valence-electron chi connectivity index (χ0n) is 40.0. The fraction of sp³-hybridized carbons (Fsp3) is 0.185. The molecule has 5 aliphatic carbocycles. The number of aromatic nitrogens is 3. The van der Waals surface area contributed by atoms with Crippen molar-refractivity contribution in [2.24, 2.45) is 5.92 Å². The molecule has 1 radical (unpaired) electrons. The second-order valence-electron chi connectivity index (χ2n) is 20.1. The summed E-state index contributed by atoms with van der Waals surface area (Å²) in [5.41, 5.74) is 15.2. The monoisotopic (exact) mass is 913 g/mol. The van der Waals surface area contributed by atoms with Crippen LogP contribution in [0.15, 0.2) is 248 Å². The van der Waals surface area contributed by atoms with E-state index in [4.69, 9.17) is 15.0 Å². The molecule has 0 saturated carbocycles. The molecule has 13 rings (SSSR count). The average Bonchev–Trinajstić information content (AvgIpc) is 3.59. The van der Waals surface area contributed by atoms with Gasteiger partial charge in [-0.1, -0.05) is 247 Å². The molecule has 6 heteroatoms. The summed E-state index contributed by atoms with van der Waals surface area (Å²) >= 11 is 0. The fourth-order valence-corrected chi connectivity index (χ4v) is 12.9. The van der Waals surface area contributed by atoms with Crippen molar-refractivity contribution in [1.29, 1.82) is 0 Å². The van der Waals surface area contributed by atoms with E-state index in [1.807, 2.05) is 0 Å². The number of anilines is 1. The van der Waals surface area contributed by atoms with Crippen LogP contribution in [0.25, 0.3) is 22.8 Å². The smallest absolute Gasteiger partial charge is 0.217 e. The van der Waals surface area contributed by atoms with Gasteiger partial charge in [-0.05, 0) is 78.3 Å². The van der Waals surface area contributed by atoms with Crippen molar-refractivity contribution in [2.75, 3.05) is 4.90 Å². The van der Waals surface area contributed by atoms with E-state index >= 15 is 0 Å². The summed E-state index contributed by atoms with van der Waals surface area (Å²) in [4.78, 5) is 19.7. The van der Waals surface area contributed by atoms with E-state index in [0.29, 0.717) is 5.82 Å². The standard InChI is InChI=1S/C65H55B2N4/c1-5-23-44(24-6-1)49-33-21-35-52(61(49)54-43-47-29-13-17-39-57(47)67(48-30-11-4-12-31-48)58-40-18-14-32-51(54)58)64-68-63(46-27-9-3-10-28-46)69-65(70-64)53-36-22-34-50(45-25-7-2-8-26-45)62(53)71-59-41-19-15-37-55(59)66-56-38-16-20-42-60(56)71/h1,3-7,9-23,25-35,37-42,44,51,53-55,58-59H,2,8,24,36,43H2/t44?,51?,53?,54-,55?,58?,59?/m0/s1. The minimum Gasteiger partial charge on any atom is -0.337 e. The van der Waals surface area contributed by atoms with E-state index in [1.54, 1.807) is 0 Å². The molecule has 6 aromatic rings. The largest absolute Gasteiger partial charge is 0.337 e. The first-order valence-corrected chi connectivity index (χ1v) is 25.9. The summed E-state index contributed by atoms with van der Waals surface area (Å²) in [7, 11) is 2.44. The van der Waals surface area contributed by atoms with E-state index in [-0.39, 0.29) is 48.1 Å². The predicted molar refractivity (Wildman–Crippen MR) is 296 cm³/mol. The molecule has 2 aliphatic heterocycles. The lowest BCUT2D eigenvalue weighted by Crippen LogP contribution is -2.49. The molecule has 5 aromatic carbocycles. The molecular weight excluding hydrogens is 858 g/mol. The molecule has 0 amide bonds. The fourth-order valence-electron chi connectivity index (χ4n) is 12.9. The Hall–Kier alpha value is -7.56. The predicted octanol–water partition coefficient (Wildman–Crippen LogP) is 12.6. The maximum absolute atomic E-state index is 5.86. The number of hydrogen-bond donors (Lipinski definition) is 0. The molecule has 341 valence electrons. The van der Waals surface area contributed by atoms with E-state index in [9.17, 15) is 0 Å². The molecule has 7 atom stereocenters. The molecule has 0 bridgehead atoms. The van der Waals surface area contributed by atoms with Gasteiger partial charge in [-0.15, -0.1) is 0 Å². The molecular formula is C65H55B2N4. The van der Waals surface area contributed by atoms with Crippen LogP contribution in [0, 0.1) is 5.92 Å². The topological polar surface area (TPSA) is 41.9 Å². The van der Waals surface area contributed by atoms with Crippen LogP contribution >= 0.6 is 0 Å². The summed E-state index contributed by atoms with van der Waals surface area (Å²) in [6.07, 6.45) is 44.4. The Bertz CT molecular complexity index is 3330. The Kier molecular flexibility index (Phi) is 11.6. The van der Waals surface area contributed by atoms with Crippen molar-refractivity contribution in [2.45, 2.75) is 67.5 Å². The lowest BCUT2D eigenvalue weighted by atomic mass is 9.31.